The fourth-order valence-electron chi connectivity index (χ4n) is 3.50. The first-order valence-electron chi connectivity index (χ1n) is 9.39. The van der Waals surface area contributed by atoms with Crippen LogP contribution in [-0.2, 0) is 14.4 Å². The van der Waals surface area contributed by atoms with Crippen molar-refractivity contribution in [2.24, 2.45) is 17.3 Å². The number of carbonyl (C=O) groups excluding carboxylic acids is 1. The van der Waals surface area contributed by atoms with Gasteiger partial charge in [0.15, 0.2) is 0 Å². The summed E-state index contributed by atoms with van der Waals surface area (Å²) in [5, 5.41) is 20.5. The third kappa shape index (κ3) is 7.45. The Balaban J connectivity index is 2.49. The Labute approximate surface area is 150 Å². The fourth-order valence-corrected chi connectivity index (χ4v) is 3.50. The predicted octanol–water partition coefficient (Wildman–Crippen LogP) is 3.44. The molecule has 1 aliphatic carbocycles. The topological polar surface area (TPSA) is 104 Å². The van der Waals surface area contributed by atoms with E-state index in [-0.39, 0.29) is 18.7 Å². The molecule has 0 heterocycles. The molecule has 25 heavy (non-hydrogen) atoms. The molecule has 144 valence electrons. The van der Waals surface area contributed by atoms with Gasteiger partial charge in [-0.25, -0.2) is 4.79 Å². The van der Waals surface area contributed by atoms with Gasteiger partial charge < -0.3 is 15.5 Å². The molecule has 3 N–H and O–H groups in total. The average Bonchev–Trinajstić information content (AvgIpc) is 2.52. The van der Waals surface area contributed by atoms with Crippen molar-refractivity contribution in [1.82, 2.24) is 5.32 Å². The van der Waals surface area contributed by atoms with E-state index < -0.39 is 23.4 Å². The highest BCUT2D eigenvalue weighted by Crippen LogP contribution is 2.40. The molecule has 0 saturated heterocycles. The minimum Gasteiger partial charge on any atom is -0.481 e. The first-order chi connectivity index (χ1) is 11.6. The van der Waals surface area contributed by atoms with Gasteiger partial charge in [-0.3, -0.25) is 9.59 Å². The van der Waals surface area contributed by atoms with E-state index in [0.29, 0.717) is 5.92 Å². The summed E-state index contributed by atoms with van der Waals surface area (Å²) in [7, 11) is 0. The molecule has 0 unspecified atom stereocenters. The summed E-state index contributed by atoms with van der Waals surface area (Å²) in [5.41, 5.74) is -0.550. The van der Waals surface area contributed by atoms with Crippen molar-refractivity contribution in [3.63, 3.8) is 0 Å². The van der Waals surface area contributed by atoms with E-state index in [1.807, 2.05) is 6.92 Å². The van der Waals surface area contributed by atoms with Crippen LogP contribution in [0.25, 0.3) is 0 Å². The summed E-state index contributed by atoms with van der Waals surface area (Å²) >= 11 is 0. The molecule has 1 atom stereocenters. The maximum atomic E-state index is 12.6. The van der Waals surface area contributed by atoms with Crippen LogP contribution in [0.3, 0.4) is 0 Å². The van der Waals surface area contributed by atoms with Crippen molar-refractivity contribution < 1.29 is 24.6 Å². The molecule has 0 aliphatic heterocycles. The van der Waals surface area contributed by atoms with Crippen molar-refractivity contribution >= 4 is 17.8 Å². The molecule has 0 aromatic heterocycles. The fraction of sp³-hybridized carbons (Fsp3) is 0.842. The number of carboxylic acid groups (broad SMARTS) is 2. The summed E-state index contributed by atoms with van der Waals surface area (Å²) in [6.07, 6.45) is 6.80. The number of amides is 1. The zero-order valence-corrected chi connectivity index (χ0v) is 15.7. The molecule has 0 aromatic carbocycles. The lowest BCUT2D eigenvalue weighted by molar-refractivity contribution is -0.145. The molecular weight excluding hydrogens is 322 g/mol. The monoisotopic (exact) mass is 355 g/mol. The Morgan fingerprint density at radius 2 is 1.72 bits per heavy atom. The lowest BCUT2D eigenvalue weighted by Gasteiger charge is -2.37. The lowest BCUT2D eigenvalue weighted by Crippen LogP contribution is -2.48. The van der Waals surface area contributed by atoms with E-state index in [1.54, 1.807) is 0 Å². The van der Waals surface area contributed by atoms with E-state index in [1.165, 1.54) is 19.3 Å². The second-order valence-corrected chi connectivity index (χ2v) is 8.13. The number of carboxylic acids is 2. The van der Waals surface area contributed by atoms with E-state index in [2.05, 4.69) is 19.2 Å². The van der Waals surface area contributed by atoms with Gasteiger partial charge in [0.05, 0.1) is 0 Å². The molecule has 6 heteroatoms. The maximum Gasteiger partial charge on any atom is 0.326 e. The van der Waals surface area contributed by atoms with Gasteiger partial charge in [-0.05, 0) is 43.9 Å². The van der Waals surface area contributed by atoms with Crippen molar-refractivity contribution in [2.75, 3.05) is 0 Å². The minimum atomic E-state index is -1.18. The number of hydrogen-bond donors (Lipinski definition) is 3. The van der Waals surface area contributed by atoms with Gasteiger partial charge >= 0.3 is 11.9 Å². The largest absolute Gasteiger partial charge is 0.481 e. The van der Waals surface area contributed by atoms with Crippen LogP contribution >= 0.6 is 0 Å². The van der Waals surface area contributed by atoms with E-state index in [0.717, 1.165) is 31.6 Å². The van der Waals surface area contributed by atoms with Crippen LogP contribution in [-0.4, -0.2) is 34.1 Å². The first kappa shape index (κ1) is 21.5. The van der Waals surface area contributed by atoms with Crippen LogP contribution < -0.4 is 5.32 Å². The van der Waals surface area contributed by atoms with Gasteiger partial charge in [0.25, 0.3) is 0 Å². The Kier molecular flexibility index (Phi) is 8.39. The summed E-state index contributed by atoms with van der Waals surface area (Å²) in [5.74, 6) is -1.12. The van der Waals surface area contributed by atoms with Gasteiger partial charge in [-0.2, -0.15) is 0 Å². The molecule has 1 rings (SSSR count). The van der Waals surface area contributed by atoms with Gasteiger partial charge in [-0.15, -0.1) is 0 Å². The zero-order valence-electron chi connectivity index (χ0n) is 15.7. The molecule has 0 spiro atoms. The molecule has 0 bridgehead atoms. The van der Waals surface area contributed by atoms with Crippen molar-refractivity contribution in [3.05, 3.63) is 0 Å². The zero-order chi connectivity index (χ0) is 19.0. The van der Waals surface area contributed by atoms with Crippen molar-refractivity contribution in [2.45, 2.75) is 84.6 Å². The van der Waals surface area contributed by atoms with Crippen molar-refractivity contribution in [3.8, 4) is 0 Å². The van der Waals surface area contributed by atoms with Crippen LogP contribution in [0.4, 0.5) is 0 Å². The molecular formula is C19H33NO5. The molecule has 6 nitrogen and oxygen atoms in total. The Morgan fingerprint density at radius 3 is 2.20 bits per heavy atom. The highest BCUT2D eigenvalue weighted by molar-refractivity contribution is 5.87. The maximum absolute atomic E-state index is 12.6. The van der Waals surface area contributed by atoms with Crippen LogP contribution in [0.1, 0.15) is 78.6 Å². The normalized spacial score (nSPS) is 24.7. The van der Waals surface area contributed by atoms with E-state index >= 15 is 0 Å². The number of nitrogens with one attached hydrogen (secondary N) is 1. The van der Waals surface area contributed by atoms with Crippen LogP contribution in [0.2, 0.25) is 0 Å². The third-order valence-corrected chi connectivity index (χ3v) is 5.40. The van der Waals surface area contributed by atoms with Gasteiger partial charge in [0.2, 0.25) is 5.91 Å². The Morgan fingerprint density at radius 1 is 1.12 bits per heavy atom. The number of rotatable bonds is 10. The number of carbonyl (C=O) groups is 3. The van der Waals surface area contributed by atoms with Gasteiger partial charge in [0, 0.05) is 11.8 Å². The molecule has 1 amide bonds. The smallest absolute Gasteiger partial charge is 0.326 e. The van der Waals surface area contributed by atoms with Crippen molar-refractivity contribution in [1.29, 1.82) is 0 Å². The summed E-state index contributed by atoms with van der Waals surface area (Å²) in [6.45, 7) is 6.35. The van der Waals surface area contributed by atoms with Gasteiger partial charge in [0.1, 0.15) is 6.04 Å². The third-order valence-electron chi connectivity index (χ3n) is 5.40. The highest BCUT2D eigenvalue weighted by atomic mass is 16.4. The Bertz CT molecular complexity index is 466. The molecule has 1 aliphatic rings. The first-order valence-corrected chi connectivity index (χ1v) is 9.39. The standard InChI is InChI=1S/C19H33NO5/c1-13(2)5-4-6-14-9-11-19(3,12-10-14)18(25)20-15(17(23)24)7-8-16(21)22/h13-15H,4-12H2,1-3H3,(H,20,25)(H,21,22)(H,23,24)/t14?,15-,19?/m0/s1. The lowest BCUT2D eigenvalue weighted by atomic mass is 9.70. The SMILES string of the molecule is CC(C)CCCC1CCC(C)(C(=O)N[C@@H](CCC(=O)O)C(=O)O)CC1. The van der Waals surface area contributed by atoms with Gasteiger partial charge in [-0.1, -0.05) is 40.0 Å². The van der Waals surface area contributed by atoms with Crippen LogP contribution in [0.15, 0.2) is 0 Å². The summed E-state index contributed by atoms with van der Waals surface area (Å²) in [6, 6.07) is -1.14. The molecule has 0 aromatic rings. The summed E-state index contributed by atoms with van der Waals surface area (Å²) < 4.78 is 0. The average molecular weight is 355 g/mol. The second-order valence-electron chi connectivity index (χ2n) is 8.13. The van der Waals surface area contributed by atoms with E-state index in [9.17, 15) is 19.5 Å². The number of hydrogen-bond acceptors (Lipinski definition) is 3. The van der Waals surface area contributed by atoms with Crippen LogP contribution in [0.5, 0.6) is 0 Å². The molecule has 1 fully saturated rings. The predicted molar refractivity (Wildman–Crippen MR) is 95.2 cm³/mol. The Hall–Kier alpha value is -1.59. The second kappa shape index (κ2) is 9.78. The molecule has 1 saturated carbocycles. The quantitative estimate of drug-likeness (QED) is 0.557. The van der Waals surface area contributed by atoms with Crippen LogP contribution in [0, 0.1) is 17.3 Å². The minimum absolute atomic E-state index is 0.0929. The van der Waals surface area contributed by atoms with E-state index in [4.69, 9.17) is 5.11 Å². The highest BCUT2D eigenvalue weighted by Gasteiger charge is 2.38. The number of aliphatic carboxylic acids is 2. The summed E-state index contributed by atoms with van der Waals surface area (Å²) in [4.78, 5) is 34.5. The molecule has 0 radical (unpaired) electrons.